The number of ether oxygens (including phenoxy) is 2. The van der Waals surface area contributed by atoms with Crippen LogP contribution in [0.25, 0.3) is 0 Å². The van der Waals surface area contributed by atoms with Crippen molar-refractivity contribution in [2.75, 3.05) is 20.3 Å². The van der Waals surface area contributed by atoms with Crippen molar-refractivity contribution in [2.45, 2.75) is 26.5 Å². The van der Waals surface area contributed by atoms with Crippen LogP contribution in [0.1, 0.15) is 23.1 Å². The molecule has 0 unspecified atom stereocenters. The molecule has 0 saturated carbocycles. The van der Waals surface area contributed by atoms with Gasteiger partial charge in [-0.3, -0.25) is 0 Å². The first-order chi connectivity index (χ1) is 11.6. The third-order valence-corrected chi connectivity index (χ3v) is 4.22. The van der Waals surface area contributed by atoms with E-state index in [0.29, 0.717) is 24.7 Å². The number of aliphatic hydroxyl groups excluding tert-OH is 1. The Balaban J connectivity index is 2.04. The largest absolute Gasteiger partial charge is 0.493 e. The highest BCUT2D eigenvalue weighted by atomic mass is 79.9. The molecule has 0 heterocycles. The molecule has 24 heavy (non-hydrogen) atoms. The summed E-state index contributed by atoms with van der Waals surface area (Å²) >= 11 is 3.57. The van der Waals surface area contributed by atoms with E-state index in [1.165, 1.54) is 5.56 Å². The molecule has 0 saturated heterocycles. The molecule has 4 nitrogen and oxygen atoms in total. The van der Waals surface area contributed by atoms with Crippen LogP contribution in [-0.4, -0.2) is 25.4 Å². The van der Waals surface area contributed by atoms with Gasteiger partial charge in [-0.1, -0.05) is 29.8 Å². The molecule has 2 rings (SSSR count). The summed E-state index contributed by atoms with van der Waals surface area (Å²) in [5.74, 6) is 1.41. The summed E-state index contributed by atoms with van der Waals surface area (Å²) in [4.78, 5) is 0. The fourth-order valence-electron chi connectivity index (χ4n) is 2.29. The summed E-state index contributed by atoms with van der Waals surface area (Å²) in [5.41, 5.74) is 3.44. The monoisotopic (exact) mass is 393 g/mol. The number of methoxy groups -OCH3 is 1. The number of halogens is 1. The number of hydrogen-bond donors (Lipinski definition) is 2. The van der Waals surface area contributed by atoms with Gasteiger partial charge in [0.1, 0.15) is 6.61 Å². The van der Waals surface area contributed by atoms with Crippen LogP contribution in [0.15, 0.2) is 40.9 Å². The second kappa shape index (κ2) is 9.67. The molecule has 0 aliphatic rings. The van der Waals surface area contributed by atoms with E-state index in [1.54, 1.807) is 7.11 Å². The molecule has 0 fully saturated rings. The standard InChI is InChI=1S/C19H24BrNO3/c1-14-4-6-15(7-5-14)13-24-19-17(20)10-16(11-18(19)23-2)12-21-8-3-9-22/h4-7,10-11,21-22H,3,8-9,12-13H2,1-2H3. The third-order valence-electron chi connectivity index (χ3n) is 3.63. The third kappa shape index (κ3) is 5.51. The molecule has 2 N–H and O–H groups in total. The van der Waals surface area contributed by atoms with Gasteiger partial charge in [-0.2, -0.15) is 0 Å². The highest BCUT2D eigenvalue weighted by Crippen LogP contribution is 2.37. The minimum absolute atomic E-state index is 0.200. The van der Waals surface area contributed by atoms with Crippen molar-refractivity contribution in [3.63, 3.8) is 0 Å². The summed E-state index contributed by atoms with van der Waals surface area (Å²) in [7, 11) is 1.64. The van der Waals surface area contributed by atoms with Crippen LogP contribution in [-0.2, 0) is 13.2 Å². The van der Waals surface area contributed by atoms with Gasteiger partial charge in [0.15, 0.2) is 11.5 Å². The van der Waals surface area contributed by atoms with Crippen LogP contribution in [0.4, 0.5) is 0 Å². The van der Waals surface area contributed by atoms with Crippen molar-refractivity contribution >= 4 is 15.9 Å². The first-order valence-electron chi connectivity index (χ1n) is 8.00. The summed E-state index contributed by atoms with van der Waals surface area (Å²) in [6.45, 7) is 4.25. The highest BCUT2D eigenvalue weighted by molar-refractivity contribution is 9.10. The zero-order valence-corrected chi connectivity index (χ0v) is 15.7. The smallest absolute Gasteiger partial charge is 0.175 e. The van der Waals surface area contributed by atoms with Gasteiger partial charge in [0.25, 0.3) is 0 Å². The van der Waals surface area contributed by atoms with Crippen molar-refractivity contribution in [3.8, 4) is 11.5 Å². The molecule has 0 spiro atoms. The first-order valence-corrected chi connectivity index (χ1v) is 8.79. The van der Waals surface area contributed by atoms with Gasteiger partial charge in [-0.25, -0.2) is 0 Å². The number of nitrogens with one attached hydrogen (secondary N) is 1. The molecule has 0 amide bonds. The predicted molar refractivity (Wildman–Crippen MR) is 99.6 cm³/mol. The van der Waals surface area contributed by atoms with E-state index in [9.17, 15) is 0 Å². The zero-order chi connectivity index (χ0) is 17.4. The number of benzene rings is 2. The minimum atomic E-state index is 0.200. The van der Waals surface area contributed by atoms with Crippen LogP contribution in [0.5, 0.6) is 11.5 Å². The molecular formula is C19H24BrNO3. The van der Waals surface area contributed by atoms with Crippen LogP contribution < -0.4 is 14.8 Å². The Bertz CT molecular complexity index is 644. The van der Waals surface area contributed by atoms with Crippen molar-refractivity contribution < 1.29 is 14.6 Å². The Labute approximate surface area is 151 Å². The lowest BCUT2D eigenvalue weighted by Crippen LogP contribution is -2.15. The lowest BCUT2D eigenvalue weighted by molar-refractivity contribution is 0.282. The molecule has 0 aliphatic carbocycles. The van der Waals surface area contributed by atoms with Gasteiger partial charge in [0, 0.05) is 13.2 Å². The van der Waals surface area contributed by atoms with Gasteiger partial charge in [0.2, 0.25) is 0 Å². The van der Waals surface area contributed by atoms with E-state index in [1.807, 2.05) is 12.1 Å². The molecule has 2 aromatic carbocycles. The van der Waals surface area contributed by atoms with Crippen molar-refractivity contribution in [2.24, 2.45) is 0 Å². The molecule has 5 heteroatoms. The summed E-state index contributed by atoms with van der Waals surface area (Å²) in [6, 6.07) is 12.3. The van der Waals surface area contributed by atoms with E-state index in [0.717, 1.165) is 28.6 Å². The van der Waals surface area contributed by atoms with Crippen LogP contribution in [0, 0.1) is 6.92 Å². The summed E-state index contributed by atoms with van der Waals surface area (Å²) < 4.78 is 12.3. The number of hydrogen-bond acceptors (Lipinski definition) is 4. The fraction of sp³-hybridized carbons (Fsp3) is 0.368. The maximum absolute atomic E-state index is 8.81. The lowest BCUT2D eigenvalue weighted by atomic mass is 10.1. The van der Waals surface area contributed by atoms with Crippen molar-refractivity contribution in [1.82, 2.24) is 5.32 Å². The Morgan fingerprint density at radius 2 is 1.88 bits per heavy atom. The lowest BCUT2D eigenvalue weighted by Gasteiger charge is -2.15. The van der Waals surface area contributed by atoms with E-state index in [2.05, 4.69) is 52.4 Å². The summed E-state index contributed by atoms with van der Waals surface area (Å²) in [6.07, 6.45) is 0.746. The molecule has 0 atom stereocenters. The molecule has 130 valence electrons. The maximum atomic E-state index is 8.81. The molecule has 0 aromatic heterocycles. The normalized spacial score (nSPS) is 10.7. The average Bonchev–Trinajstić information content (AvgIpc) is 2.59. The van der Waals surface area contributed by atoms with Crippen LogP contribution >= 0.6 is 15.9 Å². The SMILES string of the molecule is COc1cc(CNCCCO)cc(Br)c1OCc1ccc(C)cc1. The van der Waals surface area contributed by atoms with Crippen molar-refractivity contribution in [1.29, 1.82) is 0 Å². The molecule has 0 aliphatic heterocycles. The van der Waals surface area contributed by atoms with Crippen LogP contribution in [0.3, 0.4) is 0 Å². The van der Waals surface area contributed by atoms with Gasteiger partial charge in [0.05, 0.1) is 11.6 Å². The second-order valence-electron chi connectivity index (χ2n) is 5.64. The quantitative estimate of drug-likeness (QED) is 0.635. The molecule has 0 bridgehead atoms. The van der Waals surface area contributed by atoms with E-state index in [4.69, 9.17) is 14.6 Å². The maximum Gasteiger partial charge on any atom is 0.175 e. The Morgan fingerprint density at radius 3 is 2.54 bits per heavy atom. The molecular weight excluding hydrogens is 370 g/mol. The Morgan fingerprint density at radius 1 is 1.12 bits per heavy atom. The fourth-order valence-corrected chi connectivity index (χ4v) is 2.90. The van der Waals surface area contributed by atoms with E-state index < -0.39 is 0 Å². The first kappa shape index (κ1) is 18.8. The summed E-state index contributed by atoms with van der Waals surface area (Å²) in [5, 5.41) is 12.1. The Kier molecular flexibility index (Phi) is 7.56. The average molecular weight is 394 g/mol. The minimum Gasteiger partial charge on any atom is -0.493 e. The number of rotatable bonds is 9. The molecule has 2 aromatic rings. The zero-order valence-electron chi connectivity index (χ0n) is 14.1. The topological polar surface area (TPSA) is 50.7 Å². The highest BCUT2D eigenvalue weighted by Gasteiger charge is 2.12. The second-order valence-corrected chi connectivity index (χ2v) is 6.49. The Hall–Kier alpha value is -1.56. The number of aliphatic hydroxyl groups is 1. The van der Waals surface area contributed by atoms with E-state index in [-0.39, 0.29) is 6.61 Å². The van der Waals surface area contributed by atoms with Gasteiger partial charge >= 0.3 is 0 Å². The molecule has 0 radical (unpaired) electrons. The number of aryl methyl sites for hydroxylation is 1. The van der Waals surface area contributed by atoms with Gasteiger partial charge < -0.3 is 19.9 Å². The predicted octanol–water partition coefficient (Wildman–Crippen LogP) is 3.82. The van der Waals surface area contributed by atoms with E-state index >= 15 is 0 Å². The van der Waals surface area contributed by atoms with Gasteiger partial charge in [-0.05, 0) is 59.1 Å². The van der Waals surface area contributed by atoms with Crippen molar-refractivity contribution in [3.05, 3.63) is 57.6 Å². The van der Waals surface area contributed by atoms with Gasteiger partial charge in [-0.15, -0.1) is 0 Å². The van der Waals surface area contributed by atoms with Crippen LogP contribution in [0.2, 0.25) is 0 Å².